The summed E-state index contributed by atoms with van der Waals surface area (Å²) in [6.45, 7) is 10.9. The second kappa shape index (κ2) is 13.5. The Balaban J connectivity index is 2.04. The van der Waals surface area contributed by atoms with Gasteiger partial charge in [-0.25, -0.2) is 4.79 Å². The third-order valence-corrected chi connectivity index (χ3v) is 6.03. The van der Waals surface area contributed by atoms with Crippen molar-refractivity contribution in [2.75, 3.05) is 11.9 Å². The monoisotopic (exact) mass is 543 g/mol. The lowest BCUT2D eigenvalue weighted by Gasteiger charge is -2.34. The minimum absolute atomic E-state index is 0.00162. The van der Waals surface area contributed by atoms with Crippen LogP contribution >= 0.6 is 0 Å². The lowest BCUT2D eigenvalue weighted by Crippen LogP contribution is -2.53. The molecule has 0 aromatic heterocycles. The zero-order chi connectivity index (χ0) is 29.3. The summed E-state index contributed by atoms with van der Waals surface area (Å²) in [6, 6.07) is 20.6. The highest BCUT2D eigenvalue weighted by molar-refractivity contribution is 5.99. The maximum atomic E-state index is 14.2. The van der Waals surface area contributed by atoms with E-state index in [1.54, 1.807) is 45.0 Å². The summed E-state index contributed by atoms with van der Waals surface area (Å²) >= 11 is 0. The summed E-state index contributed by atoms with van der Waals surface area (Å²) in [6.07, 6.45) is 0.930. The van der Waals surface area contributed by atoms with Gasteiger partial charge in [0.2, 0.25) is 5.91 Å². The first-order valence-electron chi connectivity index (χ1n) is 13.1. The van der Waals surface area contributed by atoms with E-state index in [1.165, 1.54) is 23.1 Å². The van der Waals surface area contributed by atoms with Gasteiger partial charge >= 0.3 is 6.09 Å². The summed E-state index contributed by atoms with van der Waals surface area (Å²) in [5.41, 5.74) is 1.88. The second-order valence-electron chi connectivity index (χ2n) is 10.5. The zero-order valence-corrected chi connectivity index (χ0v) is 23.4. The van der Waals surface area contributed by atoms with Crippen molar-refractivity contribution in [2.45, 2.75) is 51.8 Å². The molecule has 0 saturated heterocycles. The van der Waals surface area contributed by atoms with Crippen molar-refractivity contribution < 1.29 is 24.2 Å². The Morgan fingerprint density at radius 3 is 2.30 bits per heavy atom. The number of carbonyl (C=O) groups is 3. The molecule has 8 heteroatoms. The first kappa shape index (κ1) is 30.0. The van der Waals surface area contributed by atoms with E-state index in [0.29, 0.717) is 11.3 Å². The quantitative estimate of drug-likeness (QED) is 0.292. The van der Waals surface area contributed by atoms with Gasteiger partial charge in [0, 0.05) is 18.7 Å². The number of phenolic OH excluding ortho intramolecular Hbond substituents is 1. The summed E-state index contributed by atoms with van der Waals surface area (Å²) in [5, 5.41) is 15.9. The fourth-order valence-electron chi connectivity index (χ4n) is 4.24. The van der Waals surface area contributed by atoms with Crippen LogP contribution in [0.2, 0.25) is 0 Å². The first-order valence-corrected chi connectivity index (χ1v) is 13.1. The van der Waals surface area contributed by atoms with Crippen LogP contribution in [0, 0.1) is 6.92 Å². The number of rotatable bonds is 10. The minimum Gasteiger partial charge on any atom is -0.508 e. The number of aryl methyl sites for hydroxylation is 1. The Morgan fingerprint density at radius 2 is 1.68 bits per heavy atom. The SMILES string of the molecule is C=CCN(C(=O)C(Cc1ccccc1)NC(=O)OC(C)(C)C)C(C(=O)Nc1ccccc1C)c1cccc(O)c1. The highest BCUT2D eigenvalue weighted by atomic mass is 16.6. The third-order valence-electron chi connectivity index (χ3n) is 6.03. The van der Waals surface area contributed by atoms with E-state index in [1.807, 2.05) is 49.4 Å². The number of para-hydroxylation sites is 1. The van der Waals surface area contributed by atoms with Crippen molar-refractivity contribution in [3.05, 3.63) is 108 Å². The van der Waals surface area contributed by atoms with Crippen molar-refractivity contribution in [3.63, 3.8) is 0 Å². The number of nitrogens with zero attached hydrogens (tertiary/aromatic N) is 1. The highest BCUT2D eigenvalue weighted by Crippen LogP contribution is 2.28. The van der Waals surface area contributed by atoms with Crippen LogP contribution in [-0.4, -0.2) is 46.1 Å². The molecule has 3 amide bonds. The zero-order valence-electron chi connectivity index (χ0n) is 23.4. The van der Waals surface area contributed by atoms with Gasteiger partial charge in [-0.3, -0.25) is 9.59 Å². The molecule has 0 saturated carbocycles. The van der Waals surface area contributed by atoms with Crippen LogP contribution < -0.4 is 10.6 Å². The van der Waals surface area contributed by atoms with Gasteiger partial charge in [0.05, 0.1) is 0 Å². The van der Waals surface area contributed by atoms with Gasteiger partial charge in [-0.15, -0.1) is 6.58 Å². The van der Waals surface area contributed by atoms with Crippen LogP contribution in [0.1, 0.15) is 43.5 Å². The van der Waals surface area contributed by atoms with E-state index in [0.717, 1.165) is 11.1 Å². The van der Waals surface area contributed by atoms with E-state index >= 15 is 0 Å². The molecular weight excluding hydrogens is 506 g/mol. The molecule has 2 unspecified atom stereocenters. The predicted octanol–water partition coefficient (Wildman–Crippen LogP) is 5.53. The van der Waals surface area contributed by atoms with Gasteiger partial charge < -0.3 is 25.4 Å². The van der Waals surface area contributed by atoms with Crippen molar-refractivity contribution in [3.8, 4) is 5.75 Å². The molecule has 3 rings (SSSR count). The number of hydrogen-bond acceptors (Lipinski definition) is 5. The number of ether oxygens (including phenoxy) is 1. The number of alkyl carbamates (subject to hydrolysis) is 1. The Kier molecular flexibility index (Phi) is 10.1. The van der Waals surface area contributed by atoms with Gasteiger partial charge in [-0.2, -0.15) is 0 Å². The number of benzene rings is 3. The molecule has 2 atom stereocenters. The van der Waals surface area contributed by atoms with Crippen LogP contribution in [-0.2, 0) is 20.7 Å². The molecule has 3 aromatic rings. The molecular formula is C32H37N3O5. The third kappa shape index (κ3) is 8.46. The van der Waals surface area contributed by atoms with Crippen LogP contribution in [0.5, 0.6) is 5.75 Å². The van der Waals surface area contributed by atoms with Crippen molar-refractivity contribution >= 4 is 23.6 Å². The van der Waals surface area contributed by atoms with E-state index in [2.05, 4.69) is 17.2 Å². The fraction of sp³-hybridized carbons (Fsp3) is 0.281. The standard InChI is InChI=1S/C32H37N3O5/c1-6-19-35(30(38)27(20-23-14-8-7-9-15-23)34-31(39)40-32(3,4)5)28(24-16-12-17-25(36)21-24)29(37)33-26-18-11-10-13-22(26)2/h6-18,21,27-28,36H,1,19-20H2,2-5H3,(H,33,37)(H,34,39). The van der Waals surface area contributed by atoms with Crippen LogP contribution in [0.15, 0.2) is 91.5 Å². The summed E-state index contributed by atoms with van der Waals surface area (Å²) in [5.74, 6) is -1.04. The number of anilines is 1. The molecule has 3 aromatic carbocycles. The number of amides is 3. The molecule has 0 aliphatic heterocycles. The van der Waals surface area contributed by atoms with Crippen molar-refractivity contribution in [2.24, 2.45) is 0 Å². The molecule has 3 N–H and O–H groups in total. The van der Waals surface area contributed by atoms with E-state index in [-0.39, 0.29) is 18.7 Å². The van der Waals surface area contributed by atoms with Gasteiger partial charge in [-0.1, -0.05) is 66.7 Å². The molecule has 0 bridgehead atoms. The molecule has 0 fully saturated rings. The highest BCUT2D eigenvalue weighted by Gasteiger charge is 2.36. The van der Waals surface area contributed by atoms with Crippen LogP contribution in [0.25, 0.3) is 0 Å². The number of aromatic hydroxyl groups is 1. The molecule has 210 valence electrons. The van der Waals surface area contributed by atoms with Crippen molar-refractivity contribution in [1.82, 2.24) is 10.2 Å². The Bertz CT molecular complexity index is 1330. The number of hydrogen-bond donors (Lipinski definition) is 3. The number of phenols is 1. The summed E-state index contributed by atoms with van der Waals surface area (Å²) < 4.78 is 5.44. The molecule has 40 heavy (non-hydrogen) atoms. The lowest BCUT2D eigenvalue weighted by atomic mass is 10.00. The fourth-order valence-corrected chi connectivity index (χ4v) is 4.24. The lowest BCUT2D eigenvalue weighted by molar-refractivity contribution is -0.140. The normalized spacial score (nSPS) is 12.5. The van der Waals surface area contributed by atoms with Gasteiger partial charge in [-0.05, 0) is 62.6 Å². The van der Waals surface area contributed by atoms with Gasteiger partial charge in [0.25, 0.3) is 5.91 Å². The average Bonchev–Trinajstić information content (AvgIpc) is 2.88. The smallest absolute Gasteiger partial charge is 0.408 e. The molecule has 8 nitrogen and oxygen atoms in total. The Hall–Kier alpha value is -4.59. The molecule has 0 spiro atoms. The second-order valence-corrected chi connectivity index (χ2v) is 10.5. The topological polar surface area (TPSA) is 108 Å². The summed E-state index contributed by atoms with van der Waals surface area (Å²) in [7, 11) is 0. The van der Waals surface area contributed by atoms with Gasteiger partial charge in [0.15, 0.2) is 0 Å². The van der Waals surface area contributed by atoms with E-state index in [9.17, 15) is 19.5 Å². The number of nitrogens with one attached hydrogen (secondary N) is 2. The Labute approximate surface area is 235 Å². The van der Waals surface area contributed by atoms with Crippen molar-refractivity contribution in [1.29, 1.82) is 0 Å². The van der Waals surface area contributed by atoms with Crippen LogP contribution in [0.4, 0.5) is 10.5 Å². The van der Waals surface area contributed by atoms with Crippen LogP contribution in [0.3, 0.4) is 0 Å². The summed E-state index contributed by atoms with van der Waals surface area (Å²) in [4.78, 5) is 42.2. The predicted molar refractivity (Wildman–Crippen MR) is 156 cm³/mol. The van der Waals surface area contributed by atoms with Gasteiger partial charge in [0.1, 0.15) is 23.4 Å². The number of carbonyl (C=O) groups excluding carboxylic acids is 3. The Morgan fingerprint density at radius 1 is 1.00 bits per heavy atom. The first-order chi connectivity index (χ1) is 19.0. The molecule has 0 aliphatic rings. The largest absolute Gasteiger partial charge is 0.508 e. The minimum atomic E-state index is -1.14. The van der Waals surface area contributed by atoms with E-state index in [4.69, 9.17) is 4.74 Å². The van der Waals surface area contributed by atoms with E-state index < -0.39 is 35.6 Å². The molecule has 0 heterocycles. The maximum absolute atomic E-state index is 14.2. The molecule has 0 aliphatic carbocycles. The average molecular weight is 544 g/mol. The maximum Gasteiger partial charge on any atom is 0.408 e. The molecule has 0 radical (unpaired) electrons.